The molecule has 0 amide bonds. The van der Waals surface area contributed by atoms with Crippen LogP contribution in [0.3, 0.4) is 0 Å². The Morgan fingerprint density at radius 2 is 2.12 bits per heavy atom. The van der Waals surface area contributed by atoms with Gasteiger partial charge in [0.25, 0.3) is 0 Å². The molecule has 1 aromatic heterocycles. The van der Waals surface area contributed by atoms with Gasteiger partial charge in [0.15, 0.2) is 0 Å². The molecule has 0 bridgehead atoms. The van der Waals surface area contributed by atoms with E-state index in [-0.39, 0.29) is 5.38 Å². The van der Waals surface area contributed by atoms with Crippen molar-refractivity contribution < 1.29 is 4.74 Å². The van der Waals surface area contributed by atoms with Gasteiger partial charge in [-0.1, -0.05) is 17.7 Å². The Morgan fingerprint density at radius 1 is 1.35 bits per heavy atom. The lowest BCUT2D eigenvalue weighted by molar-refractivity contribution is 0.414. The third-order valence-corrected chi connectivity index (χ3v) is 4.70. The highest BCUT2D eigenvalue weighted by atomic mass is 79.9. The van der Waals surface area contributed by atoms with Crippen LogP contribution in [-0.2, 0) is 0 Å². The molecule has 0 fully saturated rings. The van der Waals surface area contributed by atoms with E-state index >= 15 is 0 Å². The normalized spacial score (nSPS) is 12.5. The lowest BCUT2D eigenvalue weighted by Gasteiger charge is -2.11. The SMILES string of the molecule is COc1ccc(C(Cl)c2csc(Br)c2)c(Cl)c1. The zero-order chi connectivity index (χ0) is 12.4. The first-order valence-corrected chi connectivity index (χ1v) is 7.32. The highest BCUT2D eigenvalue weighted by molar-refractivity contribution is 9.11. The van der Waals surface area contributed by atoms with Crippen LogP contribution in [0.1, 0.15) is 16.5 Å². The molecule has 0 spiro atoms. The molecule has 0 saturated carbocycles. The monoisotopic (exact) mass is 350 g/mol. The van der Waals surface area contributed by atoms with Gasteiger partial charge < -0.3 is 4.74 Å². The molecule has 0 N–H and O–H groups in total. The van der Waals surface area contributed by atoms with Crippen LogP contribution in [0.5, 0.6) is 5.75 Å². The Morgan fingerprint density at radius 3 is 2.65 bits per heavy atom. The van der Waals surface area contributed by atoms with Crippen molar-refractivity contribution in [1.82, 2.24) is 0 Å². The Kier molecular flexibility index (Phi) is 4.36. The Labute approximate surface area is 122 Å². The van der Waals surface area contributed by atoms with Crippen molar-refractivity contribution in [1.29, 1.82) is 0 Å². The zero-order valence-electron chi connectivity index (χ0n) is 8.91. The lowest BCUT2D eigenvalue weighted by atomic mass is 10.1. The van der Waals surface area contributed by atoms with Gasteiger partial charge in [0, 0.05) is 5.02 Å². The van der Waals surface area contributed by atoms with Crippen LogP contribution in [0.2, 0.25) is 5.02 Å². The average Bonchev–Trinajstić information content (AvgIpc) is 2.75. The van der Waals surface area contributed by atoms with Gasteiger partial charge in [0.2, 0.25) is 0 Å². The van der Waals surface area contributed by atoms with E-state index in [1.54, 1.807) is 24.5 Å². The Balaban J connectivity index is 2.34. The summed E-state index contributed by atoms with van der Waals surface area (Å²) in [6.45, 7) is 0. The van der Waals surface area contributed by atoms with Crippen molar-refractivity contribution in [3.8, 4) is 5.75 Å². The van der Waals surface area contributed by atoms with Gasteiger partial charge in [-0.15, -0.1) is 22.9 Å². The van der Waals surface area contributed by atoms with Gasteiger partial charge in [0.1, 0.15) is 5.75 Å². The predicted molar refractivity (Wildman–Crippen MR) is 77.7 cm³/mol. The van der Waals surface area contributed by atoms with Gasteiger partial charge in [-0.25, -0.2) is 0 Å². The second-order valence-corrected chi connectivity index (χ2v) is 6.57. The molecule has 1 unspecified atom stereocenters. The fourth-order valence-corrected chi connectivity index (χ4v) is 3.40. The van der Waals surface area contributed by atoms with E-state index in [9.17, 15) is 0 Å². The quantitative estimate of drug-likeness (QED) is 0.663. The second-order valence-electron chi connectivity index (χ2n) is 3.43. The second kappa shape index (κ2) is 5.61. The first-order chi connectivity index (χ1) is 8.11. The number of methoxy groups -OCH3 is 1. The highest BCUT2D eigenvalue weighted by Crippen LogP contribution is 2.38. The number of alkyl halides is 1. The van der Waals surface area contributed by atoms with Gasteiger partial charge in [-0.2, -0.15) is 0 Å². The number of hydrogen-bond donors (Lipinski definition) is 0. The van der Waals surface area contributed by atoms with Crippen molar-refractivity contribution in [2.24, 2.45) is 0 Å². The average molecular weight is 352 g/mol. The molecule has 0 aliphatic rings. The fraction of sp³-hybridized carbons (Fsp3) is 0.167. The van der Waals surface area contributed by atoms with Crippen LogP contribution >= 0.6 is 50.5 Å². The maximum atomic E-state index is 6.41. The van der Waals surface area contributed by atoms with E-state index in [2.05, 4.69) is 15.9 Å². The Hall–Kier alpha value is -0.220. The molecule has 1 aromatic carbocycles. The van der Waals surface area contributed by atoms with Gasteiger partial charge in [-0.05, 0) is 50.6 Å². The molecule has 1 heterocycles. The van der Waals surface area contributed by atoms with E-state index in [1.807, 2.05) is 23.6 Å². The maximum Gasteiger partial charge on any atom is 0.120 e. The van der Waals surface area contributed by atoms with Crippen LogP contribution < -0.4 is 4.74 Å². The van der Waals surface area contributed by atoms with E-state index in [0.717, 1.165) is 20.7 Å². The lowest BCUT2D eigenvalue weighted by Crippen LogP contribution is -1.93. The van der Waals surface area contributed by atoms with E-state index < -0.39 is 0 Å². The number of benzene rings is 1. The van der Waals surface area contributed by atoms with Crippen molar-refractivity contribution in [3.63, 3.8) is 0 Å². The number of rotatable bonds is 3. The summed E-state index contributed by atoms with van der Waals surface area (Å²) in [7, 11) is 1.61. The number of hydrogen-bond acceptors (Lipinski definition) is 2. The largest absolute Gasteiger partial charge is 0.497 e. The molecule has 5 heteroatoms. The van der Waals surface area contributed by atoms with Crippen LogP contribution in [0.25, 0.3) is 0 Å². The van der Waals surface area contributed by atoms with Gasteiger partial charge in [0.05, 0.1) is 16.3 Å². The van der Waals surface area contributed by atoms with Crippen LogP contribution in [-0.4, -0.2) is 7.11 Å². The van der Waals surface area contributed by atoms with Crippen molar-refractivity contribution in [2.75, 3.05) is 7.11 Å². The van der Waals surface area contributed by atoms with E-state index in [0.29, 0.717) is 5.02 Å². The number of halogens is 3. The topological polar surface area (TPSA) is 9.23 Å². The smallest absolute Gasteiger partial charge is 0.120 e. The maximum absolute atomic E-state index is 6.41. The van der Waals surface area contributed by atoms with Crippen LogP contribution in [0, 0.1) is 0 Å². The summed E-state index contributed by atoms with van der Waals surface area (Å²) in [5, 5.41) is 2.39. The van der Waals surface area contributed by atoms with Crippen molar-refractivity contribution in [3.05, 3.63) is 49.6 Å². The van der Waals surface area contributed by atoms with Crippen molar-refractivity contribution >= 4 is 50.5 Å². The molecule has 1 nitrogen and oxygen atoms in total. The molecule has 0 aliphatic heterocycles. The first-order valence-electron chi connectivity index (χ1n) is 4.83. The summed E-state index contributed by atoms with van der Waals surface area (Å²) in [4.78, 5) is 0. The summed E-state index contributed by atoms with van der Waals surface area (Å²) in [5.74, 6) is 0.731. The van der Waals surface area contributed by atoms with E-state index in [1.165, 1.54) is 0 Å². The number of ether oxygens (including phenoxy) is 1. The molecule has 2 rings (SSSR count). The first kappa shape index (κ1) is 13.2. The standard InChI is InChI=1S/C12H9BrCl2OS/c1-16-8-2-3-9(10(14)5-8)12(15)7-4-11(13)17-6-7/h2-6,12H,1H3. The molecular formula is C12H9BrCl2OS. The molecule has 0 saturated heterocycles. The van der Waals surface area contributed by atoms with Crippen LogP contribution in [0.4, 0.5) is 0 Å². The summed E-state index contributed by atoms with van der Waals surface area (Å²) >= 11 is 17.6. The summed E-state index contributed by atoms with van der Waals surface area (Å²) in [6.07, 6.45) is 0. The molecular weight excluding hydrogens is 343 g/mol. The molecule has 0 aliphatic carbocycles. The summed E-state index contributed by atoms with van der Waals surface area (Å²) in [6, 6.07) is 7.53. The minimum atomic E-state index is -0.240. The Bertz CT molecular complexity index is 527. The third-order valence-electron chi connectivity index (χ3n) is 2.36. The minimum absolute atomic E-state index is 0.240. The zero-order valence-corrected chi connectivity index (χ0v) is 12.8. The summed E-state index contributed by atoms with van der Waals surface area (Å²) < 4.78 is 6.16. The van der Waals surface area contributed by atoms with Gasteiger partial charge >= 0.3 is 0 Å². The highest BCUT2D eigenvalue weighted by Gasteiger charge is 2.16. The fourth-order valence-electron chi connectivity index (χ4n) is 1.48. The number of thiophene rings is 1. The molecule has 90 valence electrons. The molecule has 0 radical (unpaired) electrons. The van der Waals surface area contributed by atoms with Gasteiger partial charge in [-0.3, -0.25) is 0 Å². The van der Waals surface area contributed by atoms with E-state index in [4.69, 9.17) is 27.9 Å². The minimum Gasteiger partial charge on any atom is -0.497 e. The third kappa shape index (κ3) is 2.97. The summed E-state index contributed by atoms with van der Waals surface area (Å²) in [5.41, 5.74) is 1.93. The molecule has 2 aromatic rings. The molecule has 17 heavy (non-hydrogen) atoms. The predicted octanol–water partition coefficient (Wildman–Crippen LogP) is 5.50. The van der Waals surface area contributed by atoms with Crippen molar-refractivity contribution in [2.45, 2.75) is 5.38 Å². The van der Waals surface area contributed by atoms with Crippen LogP contribution in [0.15, 0.2) is 33.4 Å². The molecule has 1 atom stereocenters.